The van der Waals surface area contributed by atoms with Gasteiger partial charge >= 0.3 is 5.97 Å². The molecule has 0 saturated carbocycles. The first kappa shape index (κ1) is 12.8. The summed E-state index contributed by atoms with van der Waals surface area (Å²) in [5.41, 5.74) is 0.990. The van der Waals surface area contributed by atoms with Gasteiger partial charge in [0.15, 0.2) is 0 Å². The zero-order valence-electron chi connectivity index (χ0n) is 10.5. The van der Waals surface area contributed by atoms with Gasteiger partial charge in [-0.1, -0.05) is 0 Å². The smallest absolute Gasteiger partial charge is 0.339 e. The Balaban J connectivity index is 1.96. The number of nitrogens with zero attached hydrogens (tertiary/aromatic N) is 1. The van der Waals surface area contributed by atoms with Crippen LogP contribution in [-0.2, 0) is 4.74 Å². The maximum absolute atomic E-state index is 11.2. The van der Waals surface area contributed by atoms with Crippen LogP contribution in [0.5, 0.6) is 0 Å². The molecule has 0 aliphatic carbocycles. The van der Waals surface area contributed by atoms with Crippen LogP contribution in [0.15, 0.2) is 12.3 Å². The third-order valence-corrected chi connectivity index (χ3v) is 3.24. The van der Waals surface area contributed by atoms with E-state index in [9.17, 15) is 4.79 Å². The van der Waals surface area contributed by atoms with Crippen LogP contribution in [0.3, 0.4) is 0 Å². The summed E-state index contributed by atoms with van der Waals surface area (Å²) in [6, 6.07) is 1.71. The lowest BCUT2D eigenvalue weighted by Crippen LogP contribution is -2.13. The van der Waals surface area contributed by atoms with Gasteiger partial charge in [-0.3, -0.25) is 0 Å². The molecule has 2 heterocycles. The van der Waals surface area contributed by atoms with Crippen molar-refractivity contribution in [3.05, 3.63) is 23.4 Å². The minimum atomic E-state index is -0.938. The number of ether oxygens (including phenoxy) is 1. The highest BCUT2D eigenvalue weighted by Crippen LogP contribution is 2.19. The van der Waals surface area contributed by atoms with Crippen LogP contribution < -0.4 is 5.32 Å². The summed E-state index contributed by atoms with van der Waals surface area (Å²) < 4.78 is 5.30. The molecule has 1 aliphatic rings. The van der Waals surface area contributed by atoms with Crippen LogP contribution in [0.2, 0.25) is 0 Å². The van der Waals surface area contributed by atoms with Crippen molar-refractivity contribution in [3.63, 3.8) is 0 Å². The SMILES string of the molecule is Cc1ccnc(NCCC2CCOC2)c1C(=O)O. The van der Waals surface area contributed by atoms with Crippen molar-refractivity contribution >= 4 is 11.8 Å². The highest BCUT2D eigenvalue weighted by atomic mass is 16.5. The molecule has 1 aromatic rings. The Morgan fingerprint density at radius 2 is 2.50 bits per heavy atom. The molecular weight excluding hydrogens is 232 g/mol. The van der Waals surface area contributed by atoms with E-state index in [1.54, 1.807) is 19.2 Å². The first-order valence-electron chi connectivity index (χ1n) is 6.19. The number of hydrogen-bond acceptors (Lipinski definition) is 4. The number of nitrogens with one attached hydrogen (secondary N) is 1. The van der Waals surface area contributed by atoms with E-state index in [1.165, 1.54) is 0 Å². The van der Waals surface area contributed by atoms with Gasteiger partial charge in [0.2, 0.25) is 0 Å². The molecular formula is C13H18N2O3. The van der Waals surface area contributed by atoms with Crippen molar-refractivity contribution in [1.82, 2.24) is 4.98 Å². The quantitative estimate of drug-likeness (QED) is 0.835. The second kappa shape index (κ2) is 5.82. The van der Waals surface area contributed by atoms with E-state index in [0.717, 1.165) is 38.2 Å². The minimum absolute atomic E-state index is 0.264. The van der Waals surface area contributed by atoms with E-state index in [0.29, 0.717) is 11.7 Å². The number of anilines is 1. The molecule has 1 atom stereocenters. The van der Waals surface area contributed by atoms with Crippen molar-refractivity contribution in [2.24, 2.45) is 5.92 Å². The van der Waals surface area contributed by atoms with E-state index in [4.69, 9.17) is 9.84 Å². The fourth-order valence-electron chi connectivity index (χ4n) is 2.17. The van der Waals surface area contributed by atoms with Crippen molar-refractivity contribution in [2.75, 3.05) is 25.1 Å². The molecule has 0 amide bonds. The number of aryl methyl sites for hydroxylation is 1. The lowest BCUT2D eigenvalue weighted by molar-refractivity contribution is 0.0697. The molecule has 5 heteroatoms. The van der Waals surface area contributed by atoms with Gasteiger partial charge in [0, 0.05) is 26.0 Å². The average molecular weight is 250 g/mol. The second-order valence-corrected chi connectivity index (χ2v) is 4.60. The molecule has 0 radical (unpaired) electrons. The molecule has 2 rings (SSSR count). The summed E-state index contributed by atoms with van der Waals surface area (Å²) in [7, 11) is 0. The number of carboxylic acid groups (broad SMARTS) is 1. The standard InChI is InChI=1S/C13H18N2O3/c1-9-2-5-14-12(11(9)13(16)17)15-6-3-10-4-7-18-8-10/h2,5,10H,3-4,6-8H2,1H3,(H,14,15)(H,16,17). The average Bonchev–Trinajstić information content (AvgIpc) is 2.81. The summed E-state index contributed by atoms with van der Waals surface area (Å²) in [4.78, 5) is 15.3. The Kier molecular flexibility index (Phi) is 4.15. The fourth-order valence-corrected chi connectivity index (χ4v) is 2.17. The molecule has 18 heavy (non-hydrogen) atoms. The van der Waals surface area contributed by atoms with E-state index in [1.807, 2.05) is 0 Å². The van der Waals surface area contributed by atoms with Crippen LogP contribution in [-0.4, -0.2) is 35.8 Å². The highest BCUT2D eigenvalue weighted by Gasteiger charge is 2.17. The third-order valence-electron chi connectivity index (χ3n) is 3.24. The molecule has 1 fully saturated rings. The lowest BCUT2D eigenvalue weighted by Gasteiger charge is -2.12. The predicted octanol–water partition coefficient (Wildman–Crippen LogP) is 1.93. The molecule has 1 unspecified atom stereocenters. The molecule has 5 nitrogen and oxygen atoms in total. The molecule has 0 aromatic carbocycles. The second-order valence-electron chi connectivity index (χ2n) is 4.60. The number of hydrogen-bond donors (Lipinski definition) is 2. The topological polar surface area (TPSA) is 71.5 Å². The number of carbonyl (C=O) groups is 1. The summed E-state index contributed by atoms with van der Waals surface area (Å²) in [5, 5.41) is 12.3. The van der Waals surface area contributed by atoms with E-state index >= 15 is 0 Å². The van der Waals surface area contributed by atoms with Gasteiger partial charge < -0.3 is 15.2 Å². The molecule has 0 bridgehead atoms. The van der Waals surface area contributed by atoms with E-state index in [2.05, 4.69) is 10.3 Å². The van der Waals surface area contributed by atoms with Crippen LogP contribution in [0.4, 0.5) is 5.82 Å². The Labute approximate surface area is 106 Å². The van der Waals surface area contributed by atoms with Gasteiger partial charge in [0.1, 0.15) is 11.4 Å². The third kappa shape index (κ3) is 2.98. The number of rotatable bonds is 5. The molecule has 0 spiro atoms. The fraction of sp³-hybridized carbons (Fsp3) is 0.538. The van der Waals surface area contributed by atoms with Gasteiger partial charge in [0.25, 0.3) is 0 Å². The summed E-state index contributed by atoms with van der Waals surface area (Å²) in [6.45, 7) is 4.16. The molecule has 1 saturated heterocycles. The Bertz CT molecular complexity index is 428. The maximum Gasteiger partial charge on any atom is 0.339 e. The van der Waals surface area contributed by atoms with E-state index < -0.39 is 5.97 Å². The highest BCUT2D eigenvalue weighted by molar-refractivity contribution is 5.94. The summed E-state index contributed by atoms with van der Waals surface area (Å²) >= 11 is 0. The first-order valence-corrected chi connectivity index (χ1v) is 6.19. The molecule has 1 aliphatic heterocycles. The van der Waals surface area contributed by atoms with Crippen LogP contribution >= 0.6 is 0 Å². The van der Waals surface area contributed by atoms with Gasteiger partial charge in [-0.05, 0) is 37.3 Å². The van der Waals surface area contributed by atoms with Crippen molar-refractivity contribution in [2.45, 2.75) is 19.8 Å². The predicted molar refractivity (Wildman–Crippen MR) is 68.0 cm³/mol. The first-order chi connectivity index (χ1) is 8.68. The van der Waals surface area contributed by atoms with Crippen molar-refractivity contribution in [3.8, 4) is 0 Å². The zero-order chi connectivity index (χ0) is 13.0. The number of aromatic carboxylic acids is 1. The van der Waals surface area contributed by atoms with E-state index in [-0.39, 0.29) is 5.56 Å². The number of carboxylic acids is 1. The minimum Gasteiger partial charge on any atom is -0.478 e. The number of pyridine rings is 1. The lowest BCUT2D eigenvalue weighted by atomic mass is 10.1. The normalized spacial score (nSPS) is 18.8. The molecule has 98 valence electrons. The number of aromatic nitrogens is 1. The molecule has 2 N–H and O–H groups in total. The van der Waals surface area contributed by atoms with Crippen LogP contribution in [0, 0.1) is 12.8 Å². The van der Waals surface area contributed by atoms with Crippen molar-refractivity contribution < 1.29 is 14.6 Å². The van der Waals surface area contributed by atoms with Crippen LogP contribution in [0.1, 0.15) is 28.8 Å². The zero-order valence-corrected chi connectivity index (χ0v) is 10.5. The summed E-state index contributed by atoms with van der Waals surface area (Å²) in [6.07, 6.45) is 3.70. The van der Waals surface area contributed by atoms with Gasteiger partial charge in [-0.15, -0.1) is 0 Å². The van der Waals surface area contributed by atoms with Gasteiger partial charge in [0.05, 0.1) is 0 Å². The van der Waals surface area contributed by atoms with Gasteiger partial charge in [-0.25, -0.2) is 9.78 Å². The van der Waals surface area contributed by atoms with Crippen molar-refractivity contribution in [1.29, 1.82) is 0 Å². The van der Waals surface area contributed by atoms with Gasteiger partial charge in [-0.2, -0.15) is 0 Å². The largest absolute Gasteiger partial charge is 0.478 e. The Hall–Kier alpha value is -1.62. The summed E-state index contributed by atoms with van der Waals surface area (Å²) in [5.74, 6) is 0.101. The Morgan fingerprint density at radius 3 is 3.17 bits per heavy atom. The Morgan fingerprint density at radius 1 is 1.67 bits per heavy atom. The monoisotopic (exact) mass is 250 g/mol. The maximum atomic E-state index is 11.2. The molecule has 1 aromatic heterocycles. The van der Waals surface area contributed by atoms with Crippen LogP contribution in [0.25, 0.3) is 0 Å².